The maximum atomic E-state index is 11.4. The minimum atomic E-state index is -0.467. The van der Waals surface area contributed by atoms with Gasteiger partial charge in [-0.3, -0.25) is 9.69 Å². The molecule has 0 amide bonds. The summed E-state index contributed by atoms with van der Waals surface area (Å²) < 4.78 is 4.93. The number of ether oxygens (including phenoxy) is 1. The fourth-order valence-corrected chi connectivity index (χ4v) is 3.11. The zero-order valence-corrected chi connectivity index (χ0v) is 12.0. The van der Waals surface area contributed by atoms with Gasteiger partial charge in [0.25, 0.3) is 0 Å². The van der Waals surface area contributed by atoms with Gasteiger partial charge >= 0.3 is 5.97 Å². The number of nitrogens with two attached hydrogens (primary N) is 1. The lowest BCUT2D eigenvalue weighted by molar-refractivity contribution is -0.144. The van der Waals surface area contributed by atoms with Crippen LogP contribution in [0.5, 0.6) is 0 Å². The van der Waals surface area contributed by atoms with Gasteiger partial charge in [0.05, 0.1) is 6.61 Å². The SMILES string of the molecule is CCOC(=O)C(N)CCN1CCC(N2CCCC2)C1. The number of likely N-dealkylation sites (tertiary alicyclic amines) is 2. The van der Waals surface area contributed by atoms with Crippen molar-refractivity contribution in [1.29, 1.82) is 0 Å². The van der Waals surface area contributed by atoms with E-state index in [1.165, 1.54) is 32.4 Å². The smallest absolute Gasteiger partial charge is 0.322 e. The maximum absolute atomic E-state index is 11.4. The summed E-state index contributed by atoms with van der Waals surface area (Å²) >= 11 is 0. The predicted octanol–water partition coefficient (Wildman–Crippen LogP) is 0.437. The van der Waals surface area contributed by atoms with Crippen molar-refractivity contribution >= 4 is 5.97 Å². The van der Waals surface area contributed by atoms with E-state index in [0.29, 0.717) is 13.0 Å². The third kappa shape index (κ3) is 4.16. The topological polar surface area (TPSA) is 58.8 Å². The van der Waals surface area contributed by atoms with Gasteiger partial charge in [-0.2, -0.15) is 0 Å². The van der Waals surface area contributed by atoms with Crippen LogP contribution < -0.4 is 5.73 Å². The second-order valence-corrected chi connectivity index (χ2v) is 5.63. The van der Waals surface area contributed by atoms with Crippen LogP contribution in [0.1, 0.15) is 32.6 Å². The molecule has 0 bridgehead atoms. The summed E-state index contributed by atoms with van der Waals surface area (Å²) in [5.41, 5.74) is 5.83. The molecule has 0 aromatic carbocycles. The number of rotatable bonds is 6. The largest absolute Gasteiger partial charge is 0.465 e. The number of hydrogen-bond acceptors (Lipinski definition) is 5. The second-order valence-electron chi connectivity index (χ2n) is 5.63. The van der Waals surface area contributed by atoms with Gasteiger partial charge in [0.15, 0.2) is 0 Å². The Hall–Kier alpha value is -0.650. The maximum Gasteiger partial charge on any atom is 0.322 e. The third-order valence-electron chi connectivity index (χ3n) is 4.25. The van der Waals surface area contributed by atoms with Gasteiger partial charge in [-0.15, -0.1) is 0 Å². The minimum Gasteiger partial charge on any atom is -0.465 e. The van der Waals surface area contributed by atoms with Crippen LogP contribution in [0.3, 0.4) is 0 Å². The second kappa shape index (κ2) is 7.22. The standard InChI is InChI=1S/C14H27N3O2/c1-2-19-14(18)13(15)6-10-16-9-5-12(11-16)17-7-3-4-8-17/h12-13H,2-11,15H2,1H3. The van der Waals surface area contributed by atoms with Gasteiger partial charge in [0, 0.05) is 19.1 Å². The van der Waals surface area contributed by atoms with Crippen molar-refractivity contribution < 1.29 is 9.53 Å². The summed E-state index contributed by atoms with van der Waals surface area (Å²) in [4.78, 5) is 16.5. The van der Waals surface area contributed by atoms with E-state index < -0.39 is 6.04 Å². The number of esters is 1. The molecule has 2 heterocycles. The highest BCUT2D eigenvalue weighted by Crippen LogP contribution is 2.20. The quantitative estimate of drug-likeness (QED) is 0.709. The Kier molecular flexibility index (Phi) is 5.60. The highest BCUT2D eigenvalue weighted by molar-refractivity contribution is 5.75. The molecule has 0 saturated carbocycles. The summed E-state index contributed by atoms with van der Waals surface area (Å²) in [7, 11) is 0. The van der Waals surface area contributed by atoms with Crippen molar-refractivity contribution in [2.45, 2.75) is 44.7 Å². The van der Waals surface area contributed by atoms with E-state index in [-0.39, 0.29) is 5.97 Å². The molecule has 110 valence electrons. The fourth-order valence-electron chi connectivity index (χ4n) is 3.11. The molecule has 2 rings (SSSR count). The molecule has 0 spiro atoms. The van der Waals surface area contributed by atoms with Crippen LogP contribution >= 0.6 is 0 Å². The van der Waals surface area contributed by atoms with E-state index in [4.69, 9.17) is 10.5 Å². The van der Waals surface area contributed by atoms with Gasteiger partial charge in [0.2, 0.25) is 0 Å². The molecule has 2 unspecified atom stereocenters. The molecular formula is C14H27N3O2. The Morgan fingerprint density at radius 2 is 2.11 bits per heavy atom. The highest BCUT2D eigenvalue weighted by atomic mass is 16.5. The van der Waals surface area contributed by atoms with Crippen molar-refractivity contribution in [2.75, 3.05) is 39.3 Å². The first-order chi connectivity index (χ1) is 9.20. The minimum absolute atomic E-state index is 0.266. The molecule has 0 aromatic rings. The molecule has 2 atom stereocenters. The first-order valence-corrected chi connectivity index (χ1v) is 7.59. The first kappa shape index (κ1) is 14.8. The van der Waals surface area contributed by atoms with Crippen molar-refractivity contribution in [2.24, 2.45) is 5.73 Å². The van der Waals surface area contributed by atoms with Crippen LogP contribution in [0.15, 0.2) is 0 Å². The Labute approximate surface area is 116 Å². The lowest BCUT2D eigenvalue weighted by Crippen LogP contribution is -2.38. The summed E-state index contributed by atoms with van der Waals surface area (Å²) in [6, 6.07) is 0.257. The Morgan fingerprint density at radius 3 is 2.79 bits per heavy atom. The number of hydrogen-bond donors (Lipinski definition) is 1. The van der Waals surface area contributed by atoms with Crippen molar-refractivity contribution in [1.82, 2.24) is 9.80 Å². The number of carbonyl (C=O) groups is 1. The van der Waals surface area contributed by atoms with Crippen LogP contribution in [-0.4, -0.2) is 67.2 Å². The molecule has 5 nitrogen and oxygen atoms in total. The summed E-state index contributed by atoms with van der Waals surface area (Å²) in [6.07, 6.45) is 4.66. The van der Waals surface area contributed by atoms with Crippen molar-refractivity contribution in [3.8, 4) is 0 Å². The summed E-state index contributed by atoms with van der Waals surface area (Å²) in [6.45, 7) is 7.93. The Morgan fingerprint density at radius 1 is 1.37 bits per heavy atom. The van der Waals surface area contributed by atoms with Crippen LogP contribution in [0.25, 0.3) is 0 Å². The lowest BCUT2D eigenvalue weighted by atomic mass is 10.2. The van der Waals surface area contributed by atoms with Crippen molar-refractivity contribution in [3.63, 3.8) is 0 Å². The fraction of sp³-hybridized carbons (Fsp3) is 0.929. The molecule has 0 radical (unpaired) electrons. The molecule has 19 heavy (non-hydrogen) atoms. The zero-order chi connectivity index (χ0) is 13.7. The molecule has 2 aliphatic heterocycles. The molecule has 0 aromatic heterocycles. The predicted molar refractivity (Wildman–Crippen MR) is 74.9 cm³/mol. The zero-order valence-electron chi connectivity index (χ0n) is 12.0. The Bertz CT molecular complexity index is 292. The molecule has 2 saturated heterocycles. The van der Waals surface area contributed by atoms with E-state index >= 15 is 0 Å². The Balaban J connectivity index is 1.66. The highest BCUT2D eigenvalue weighted by Gasteiger charge is 2.29. The molecule has 0 aliphatic carbocycles. The van der Waals surface area contributed by atoms with E-state index in [9.17, 15) is 4.79 Å². The van der Waals surface area contributed by atoms with Gasteiger partial charge in [-0.05, 0) is 52.2 Å². The number of nitrogens with zero attached hydrogens (tertiary/aromatic N) is 2. The van der Waals surface area contributed by atoms with Crippen LogP contribution in [0.4, 0.5) is 0 Å². The van der Waals surface area contributed by atoms with E-state index in [1.54, 1.807) is 0 Å². The van der Waals surface area contributed by atoms with Gasteiger partial charge in [-0.25, -0.2) is 0 Å². The van der Waals surface area contributed by atoms with E-state index in [0.717, 1.165) is 25.7 Å². The van der Waals surface area contributed by atoms with Crippen LogP contribution in [0.2, 0.25) is 0 Å². The molecule has 5 heteroatoms. The molecule has 2 aliphatic rings. The van der Waals surface area contributed by atoms with Crippen LogP contribution in [-0.2, 0) is 9.53 Å². The molecule has 2 fully saturated rings. The summed E-state index contributed by atoms with van der Waals surface area (Å²) in [5, 5.41) is 0. The monoisotopic (exact) mass is 269 g/mol. The van der Waals surface area contributed by atoms with Crippen LogP contribution in [0, 0.1) is 0 Å². The van der Waals surface area contributed by atoms with Gasteiger partial charge in [-0.1, -0.05) is 0 Å². The van der Waals surface area contributed by atoms with E-state index in [1.807, 2.05) is 6.92 Å². The number of carbonyl (C=O) groups excluding carboxylic acids is 1. The van der Waals surface area contributed by atoms with Gasteiger partial charge < -0.3 is 15.4 Å². The van der Waals surface area contributed by atoms with E-state index in [2.05, 4.69) is 9.80 Å². The molecular weight excluding hydrogens is 242 g/mol. The molecule has 2 N–H and O–H groups in total. The third-order valence-corrected chi connectivity index (χ3v) is 4.25. The average Bonchev–Trinajstić information content (AvgIpc) is 3.06. The lowest BCUT2D eigenvalue weighted by Gasteiger charge is -2.24. The van der Waals surface area contributed by atoms with Gasteiger partial charge in [0.1, 0.15) is 6.04 Å². The summed E-state index contributed by atoms with van der Waals surface area (Å²) in [5.74, 6) is -0.266. The van der Waals surface area contributed by atoms with Crippen molar-refractivity contribution in [3.05, 3.63) is 0 Å². The first-order valence-electron chi connectivity index (χ1n) is 7.59. The normalized spacial score (nSPS) is 26.7. The average molecular weight is 269 g/mol.